The molecule has 13 heteroatoms. The van der Waals surface area contributed by atoms with E-state index in [1.807, 2.05) is 0 Å². The third kappa shape index (κ3) is 5.34. The van der Waals surface area contributed by atoms with E-state index in [1.165, 1.54) is 25.1 Å². The monoisotopic (exact) mass is 630 g/mol. The van der Waals surface area contributed by atoms with Crippen molar-refractivity contribution in [2.45, 2.75) is 13.0 Å². The van der Waals surface area contributed by atoms with Crippen LogP contribution in [0.25, 0.3) is 32.7 Å². The zero-order valence-corrected chi connectivity index (χ0v) is 22.1. The number of phenolic OH excluding ortho intramolecular Hbond substituents is 1. The molecule has 1 atom stereocenters. The number of carbonyl (C=O) groups excluding carboxylic acids is 3. The fraction of sp³-hybridized carbons (Fsp3) is 0.0741. The second kappa shape index (κ2) is 11.9. The second-order valence-corrected chi connectivity index (χ2v) is 8.33. The van der Waals surface area contributed by atoms with E-state index < -0.39 is 29.6 Å². The molecule has 4 N–H and O–H groups in total. The molecule has 0 unspecified atom stereocenters. The first kappa shape index (κ1) is 29.7. The summed E-state index contributed by atoms with van der Waals surface area (Å²) in [5, 5.41) is 24.1. The van der Waals surface area contributed by atoms with E-state index in [1.54, 1.807) is 30.3 Å². The maximum absolute atomic E-state index is 13.7. The molecular formula is C27H17FN4O7Ru-2. The average molecular weight is 630 g/mol. The minimum atomic E-state index is -1.04. The molecule has 2 aromatic heterocycles. The normalized spacial score (nSPS) is 12.3. The van der Waals surface area contributed by atoms with Gasteiger partial charge in [-0.2, -0.15) is 12.1 Å². The molecule has 40 heavy (non-hydrogen) atoms. The number of hydrogen-bond donors (Lipinski definition) is 4. The van der Waals surface area contributed by atoms with Crippen LogP contribution in [0.2, 0.25) is 0 Å². The van der Waals surface area contributed by atoms with E-state index >= 15 is 0 Å². The Morgan fingerprint density at radius 1 is 1.12 bits per heavy atom. The van der Waals surface area contributed by atoms with Crippen LogP contribution in [0.1, 0.15) is 38.0 Å². The molecule has 0 saturated carbocycles. The Bertz CT molecular complexity index is 1810. The number of nitrogens with zero attached hydrogens (tertiary/aromatic N) is 2. The number of aliphatic carboxylic acids is 1. The number of pyridine rings is 1. The Hall–Kier alpha value is -4.83. The Kier molecular flexibility index (Phi) is 8.86. The van der Waals surface area contributed by atoms with E-state index in [2.05, 4.69) is 27.3 Å². The van der Waals surface area contributed by atoms with Crippen LogP contribution < -0.4 is 15.6 Å². The number of fused-ring (bicyclic) bond motifs is 8. The smallest absolute Gasteiger partial charge is 0 e. The standard InChI is InChI=1S/C17H8FN3O3.C9H10NO3.CO.Ru/c18-6-3-9-12-13(17(24)21-16(12)23)11-8-4-7(22)1-2-10(8)20-15(11)14(9)19-5-6;1-6(9(12)13)10-8(11)7-4-2-3-5-7;1-2;/h1-5H,(H3,19,20,21,22,23,24);2-6H,1H3,(H,10,11)(H,12,13);;/q;-1;;/p-1/t;6-;;/m.0../s1. The van der Waals surface area contributed by atoms with E-state index in [4.69, 9.17) is 9.76 Å². The molecule has 0 aliphatic carbocycles. The van der Waals surface area contributed by atoms with Crippen molar-refractivity contribution in [3.05, 3.63) is 83.9 Å². The minimum absolute atomic E-state index is 0. The molecular weight excluding hydrogens is 612 g/mol. The minimum Gasteiger partial charge on any atom is 0 e. The Morgan fingerprint density at radius 2 is 1.77 bits per heavy atom. The van der Waals surface area contributed by atoms with Crippen molar-refractivity contribution < 1.29 is 57.9 Å². The van der Waals surface area contributed by atoms with Crippen molar-refractivity contribution >= 4 is 56.4 Å². The third-order valence-corrected chi connectivity index (χ3v) is 5.89. The first-order valence-corrected chi connectivity index (χ1v) is 11.2. The number of amides is 3. The number of phenols is 1. The molecule has 11 nitrogen and oxygen atoms in total. The summed E-state index contributed by atoms with van der Waals surface area (Å²) in [4.78, 5) is 54.7. The van der Waals surface area contributed by atoms with Crippen molar-refractivity contribution in [3.8, 4) is 5.75 Å². The summed E-state index contributed by atoms with van der Waals surface area (Å²) < 4.78 is 21.2. The van der Waals surface area contributed by atoms with E-state index in [0.717, 1.165) is 6.20 Å². The van der Waals surface area contributed by atoms with Crippen molar-refractivity contribution in [3.63, 3.8) is 0 Å². The van der Waals surface area contributed by atoms with Crippen molar-refractivity contribution in [1.82, 2.24) is 20.6 Å². The summed E-state index contributed by atoms with van der Waals surface area (Å²) in [5.41, 5.74) is 2.00. The van der Waals surface area contributed by atoms with Gasteiger partial charge in [0.25, 0.3) is 11.8 Å². The number of carbonyl (C=O) groups is 4. The van der Waals surface area contributed by atoms with Gasteiger partial charge in [0.05, 0.1) is 22.8 Å². The number of hydrogen-bond acceptors (Lipinski definition) is 6. The predicted octanol–water partition coefficient (Wildman–Crippen LogP) is 2.80. The summed E-state index contributed by atoms with van der Waals surface area (Å²) in [6.07, 6.45) is 1.04. The van der Waals surface area contributed by atoms with Gasteiger partial charge in [-0.05, 0) is 35.9 Å². The zero-order chi connectivity index (χ0) is 28.4. The molecule has 5 aromatic rings. The number of nitrogens with one attached hydrogen (secondary N) is 2. The van der Waals surface area contributed by atoms with Crippen molar-refractivity contribution in [2.24, 2.45) is 0 Å². The van der Waals surface area contributed by atoms with E-state index in [-0.39, 0.29) is 47.6 Å². The predicted molar refractivity (Wildman–Crippen MR) is 134 cm³/mol. The van der Waals surface area contributed by atoms with Crippen LogP contribution in [0.5, 0.6) is 5.75 Å². The number of halogens is 1. The maximum atomic E-state index is 13.7. The van der Waals surface area contributed by atoms with Crippen LogP contribution in [0, 0.1) is 12.5 Å². The third-order valence-electron chi connectivity index (χ3n) is 5.89. The molecule has 3 heterocycles. The number of aromatic nitrogens is 2. The molecule has 0 saturated heterocycles. The second-order valence-electron chi connectivity index (χ2n) is 8.33. The molecule has 0 fully saturated rings. The van der Waals surface area contributed by atoms with Crippen LogP contribution in [-0.4, -0.2) is 44.9 Å². The largest absolute Gasteiger partial charge is 0 e. The fourth-order valence-corrected chi connectivity index (χ4v) is 4.19. The molecule has 3 aromatic carbocycles. The first-order chi connectivity index (χ1) is 18.7. The molecule has 0 spiro atoms. The number of benzene rings is 2. The molecule has 6 rings (SSSR count). The fourth-order valence-electron chi connectivity index (χ4n) is 4.19. The van der Waals surface area contributed by atoms with Gasteiger partial charge < -0.3 is 20.5 Å². The average Bonchev–Trinajstić information content (AvgIpc) is 3.63. The molecule has 0 radical (unpaired) electrons. The number of carboxylic acid groups (broad SMARTS) is 1. The summed E-state index contributed by atoms with van der Waals surface area (Å²) in [6, 6.07) is 11.6. The van der Waals surface area contributed by atoms with Gasteiger partial charge >= 0.3 is 17.3 Å². The number of imide groups is 1. The summed E-state index contributed by atoms with van der Waals surface area (Å²) >= 11 is 0. The first-order valence-electron chi connectivity index (χ1n) is 11.2. The molecule has 204 valence electrons. The molecule has 3 amide bonds. The summed E-state index contributed by atoms with van der Waals surface area (Å²) in [7, 11) is 0. The van der Waals surface area contributed by atoms with Gasteiger partial charge in [0, 0.05) is 24.9 Å². The SMILES string of the molecule is C[C@H](NC(=O)[c-]1cccc1)C(=O)O.O=C1NC(=O)c2c1c1cc(F)cnc1c1[n-]c3ccc(O)cc3c21.[C-]#[O+].[Ru]. The van der Waals surface area contributed by atoms with Crippen LogP contribution in [0.3, 0.4) is 0 Å². The van der Waals surface area contributed by atoms with Crippen molar-refractivity contribution in [1.29, 1.82) is 0 Å². The van der Waals surface area contributed by atoms with Crippen LogP contribution in [0.4, 0.5) is 4.39 Å². The van der Waals surface area contributed by atoms with Crippen LogP contribution >= 0.6 is 0 Å². The Labute approximate surface area is 237 Å². The molecule has 0 bridgehead atoms. The van der Waals surface area contributed by atoms with Gasteiger partial charge in [-0.15, -0.1) is 11.0 Å². The summed E-state index contributed by atoms with van der Waals surface area (Å²) in [6.45, 7) is 5.92. The Morgan fingerprint density at radius 3 is 2.42 bits per heavy atom. The van der Waals surface area contributed by atoms with Gasteiger partial charge in [-0.1, -0.05) is 11.6 Å². The van der Waals surface area contributed by atoms with Gasteiger partial charge in [-0.25, -0.2) is 16.5 Å². The topological polar surface area (TPSA) is 180 Å². The molecule has 1 aliphatic heterocycles. The van der Waals surface area contributed by atoms with E-state index in [9.17, 15) is 28.7 Å². The number of carboxylic acids is 1. The van der Waals surface area contributed by atoms with E-state index in [0.29, 0.717) is 32.9 Å². The van der Waals surface area contributed by atoms with Crippen LogP contribution in [-0.2, 0) is 28.9 Å². The summed E-state index contributed by atoms with van der Waals surface area (Å²) in [5.74, 6) is -3.15. The van der Waals surface area contributed by atoms with Gasteiger partial charge in [0.1, 0.15) is 17.6 Å². The number of rotatable bonds is 3. The number of aromatic hydroxyl groups is 1. The van der Waals surface area contributed by atoms with Crippen molar-refractivity contribution in [2.75, 3.05) is 0 Å². The van der Waals surface area contributed by atoms with Gasteiger partial charge in [-0.3, -0.25) is 29.5 Å². The van der Waals surface area contributed by atoms with Gasteiger partial charge in [0.2, 0.25) is 0 Å². The quantitative estimate of drug-likeness (QED) is 0.102. The zero-order valence-electron chi connectivity index (χ0n) is 20.3. The Balaban J connectivity index is 0.000000237. The van der Waals surface area contributed by atoms with Crippen LogP contribution in [0.15, 0.2) is 54.7 Å². The maximum Gasteiger partial charge on any atom is 0 e. The molecule has 1 aliphatic rings. The van der Waals surface area contributed by atoms with Gasteiger partial charge in [0.15, 0.2) is 5.91 Å².